The van der Waals surface area contributed by atoms with E-state index in [0.717, 1.165) is 13.1 Å². The van der Waals surface area contributed by atoms with Gasteiger partial charge in [0.1, 0.15) is 0 Å². The van der Waals surface area contributed by atoms with Crippen molar-refractivity contribution in [3.63, 3.8) is 0 Å². The summed E-state index contributed by atoms with van der Waals surface area (Å²) < 4.78 is 1.32. The predicted molar refractivity (Wildman–Crippen MR) is 73.9 cm³/mol. The summed E-state index contributed by atoms with van der Waals surface area (Å²) in [5, 5.41) is 0. The van der Waals surface area contributed by atoms with Crippen molar-refractivity contribution < 1.29 is 0 Å². The lowest BCUT2D eigenvalue weighted by Crippen LogP contribution is -2.13. The maximum absolute atomic E-state index is 2.39. The zero-order valence-electron chi connectivity index (χ0n) is 9.92. The first-order valence-corrected chi connectivity index (χ1v) is 6.13. The Labute approximate surface area is 106 Å². The third kappa shape index (κ3) is 4.95. The summed E-state index contributed by atoms with van der Waals surface area (Å²) in [4.78, 5) is 4.40. The van der Waals surface area contributed by atoms with E-state index in [1.807, 2.05) is 0 Å². The maximum Gasteiger partial charge on any atom is 0.0228 e. The number of rotatable bonds is 4. The van der Waals surface area contributed by atoms with Gasteiger partial charge in [0, 0.05) is 16.7 Å². The lowest BCUT2D eigenvalue weighted by molar-refractivity contribution is 0.395. The highest BCUT2D eigenvalue weighted by Crippen LogP contribution is 2.14. The molecule has 0 unspecified atom stereocenters. The van der Waals surface area contributed by atoms with Crippen LogP contribution in [0.4, 0.5) is 0 Å². The van der Waals surface area contributed by atoms with E-state index >= 15 is 0 Å². The van der Waals surface area contributed by atoms with Gasteiger partial charge in [-0.1, -0.05) is 6.07 Å². The van der Waals surface area contributed by atoms with Gasteiger partial charge in [0.25, 0.3) is 0 Å². The van der Waals surface area contributed by atoms with E-state index in [1.165, 1.54) is 14.7 Å². The van der Waals surface area contributed by atoms with Gasteiger partial charge in [-0.2, -0.15) is 0 Å². The van der Waals surface area contributed by atoms with Crippen molar-refractivity contribution in [3.05, 3.63) is 32.9 Å². The highest BCUT2D eigenvalue weighted by atomic mass is 127. The number of halogens is 1. The van der Waals surface area contributed by atoms with Crippen molar-refractivity contribution in [3.8, 4) is 0 Å². The van der Waals surface area contributed by atoms with Crippen LogP contribution in [0.15, 0.2) is 18.2 Å². The predicted octanol–water partition coefficient (Wildman–Crippen LogP) is 2.41. The molecule has 0 bridgehead atoms. The first-order valence-electron chi connectivity index (χ1n) is 5.05. The largest absolute Gasteiger partial charge is 0.305 e. The average molecular weight is 318 g/mol. The van der Waals surface area contributed by atoms with Crippen LogP contribution in [0.2, 0.25) is 0 Å². The second-order valence-electron chi connectivity index (χ2n) is 4.44. The lowest BCUT2D eigenvalue weighted by atomic mass is 10.1. The second kappa shape index (κ2) is 5.82. The van der Waals surface area contributed by atoms with Crippen molar-refractivity contribution in [2.75, 3.05) is 28.2 Å². The van der Waals surface area contributed by atoms with Gasteiger partial charge in [-0.25, -0.2) is 0 Å². The molecule has 0 aliphatic rings. The molecule has 0 saturated carbocycles. The molecule has 2 nitrogen and oxygen atoms in total. The van der Waals surface area contributed by atoms with E-state index in [1.54, 1.807) is 0 Å². The van der Waals surface area contributed by atoms with Crippen LogP contribution in [0.1, 0.15) is 11.1 Å². The van der Waals surface area contributed by atoms with Crippen LogP contribution in [-0.2, 0) is 13.1 Å². The molecule has 1 aromatic rings. The number of nitrogens with zero attached hydrogens (tertiary/aromatic N) is 2. The van der Waals surface area contributed by atoms with Crippen LogP contribution < -0.4 is 0 Å². The molecule has 0 fully saturated rings. The lowest BCUT2D eigenvalue weighted by Gasteiger charge is -2.14. The van der Waals surface area contributed by atoms with Crippen molar-refractivity contribution in [2.45, 2.75) is 13.1 Å². The van der Waals surface area contributed by atoms with Gasteiger partial charge in [-0.05, 0) is 74.0 Å². The minimum atomic E-state index is 1.01. The molecule has 0 aromatic heterocycles. The molecule has 0 heterocycles. The van der Waals surface area contributed by atoms with Crippen molar-refractivity contribution >= 4 is 22.6 Å². The number of hydrogen-bond donors (Lipinski definition) is 0. The summed E-state index contributed by atoms with van der Waals surface area (Å²) in [5.74, 6) is 0. The highest BCUT2D eigenvalue weighted by molar-refractivity contribution is 14.1. The average Bonchev–Trinajstić information content (AvgIpc) is 1.98. The first kappa shape index (κ1) is 12.9. The molecule has 0 spiro atoms. The molecule has 1 rings (SSSR count). The van der Waals surface area contributed by atoms with E-state index in [0.29, 0.717) is 0 Å². The summed E-state index contributed by atoms with van der Waals surface area (Å²) in [6, 6.07) is 6.79. The Morgan fingerprint density at radius 2 is 1.27 bits per heavy atom. The Hall–Kier alpha value is -0.130. The monoisotopic (exact) mass is 318 g/mol. The van der Waals surface area contributed by atoms with Gasteiger partial charge in [-0.15, -0.1) is 0 Å². The van der Waals surface area contributed by atoms with Gasteiger partial charge in [-0.3, -0.25) is 0 Å². The molecule has 0 N–H and O–H groups in total. The second-order valence-corrected chi connectivity index (χ2v) is 5.69. The molecular formula is C12H19IN2. The molecule has 0 aliphatic carbocycles. The topological polar surface area (TPSA) is 6.48 Å². The van der Waals surface area contributed by atoms with E-state index in [-0.39, 0.29) is 0 Å². The zero-order valence-corrected chi connectivity index (χ0v) is 12.1. The van der Waals surface area contributed by atoms with Gasteiger partial charge in [0.15, 0.2) is 0 Å². The first-order chi connectivity index (χ1) is 6.97. The Balaban J connectivity index is 2.84. The molecule has 0 aliphatic heterocycles. The van der Waals surface area contributed by atoms with Gasteiger partial charge in [0.2, 0.25) is 0 Å². The summed E-state index contributed by atoms with van der Waals surface area (Å²) in [6.07, 6.45) is 0. The summed E-state index contributed by atoms with van der Waals surface area (Å²) in [5.41, 5.74) is 2.78. The van der Waals surface area contributed by atoms with E-state index in [4.69, 9.17) is 0 Å². The van der Waals surface area contributed by atoms with E-state index < -0.39 is 0 Å². The van der Waals surface area contributed by atoms with Gasteiger partial charge in [0.05, 0.1) is 0 Å². The third-order valence-corrected chi connectivity index (χ3v) is 2.64. The standard InChI is InChI=1S/C12H19IN2/c1-14(2)8-10-5-11(9-15(3)4)7-12(13)6-10/h5-7H,8-9H2,1-4H3. The van der Waals surface area contributed by atoms with Crippen LogP contribution in [0.25, 0.3) is 0 Å². The Morgan fingerprint density at radius 1 is 0.867 bits per heavy atom. The van der Waals surface area contributed by atoms with Crippen molar-refractivity contribution in [2.24, 2.45) is 0 Å². The normalized spacial score (nSPS) is 11.4. The minimum Gasteiger partial charge on any atom is -0.305 e. The molecular weight excluding hydrogens is 299 g/mol. The van der Waals surface area contributed by atoms with Gasteiger partial charge < -0.3 is 9.80 Å². The third-order valence-electron chi connectivity index (χ3n) is 2.01. The minimum absolute atomic E-state index is 1.01. The van der Waals surface area contributed by atoms with Crippen LogP contribution in [0, 0.1) is 3.57 Å². The Morgan fingerprint density at radius 3 is 1.60 bits per heavy atom. The highest BCUT2D eigenvalue weighted by Gasteiger charge is 2.01. The van der Waals surface area contributed by atoms with Crippen LogP contribution in [-0.4, -0.2) is 38.0 Å². The quantitative estimate of drug-likeness (QED) is 0.787. The van der Waals surface area contributed by atoms with E-state index in [9.17, 15) is 0 Å². The molecule has 0 amide bonds. The molecule has 84 valence electrons. The van der Waals surface area contributed by atoms with Crippen LogP contribution >= 0.6 is 22.6 Å². The molecule has 0 atom stereocenters. The Bertz CT molecular complexity index is 293. The number of hydrogen-bond acceptors (Lipinski definition) is 2. The smallest absolute Gasteiger partial charge is 0.0228 e. The Kier molecular flexibility index (Phi) is 5.02. The maximum atomic E-state index is 2.39. The van der Waals surface area contributed by atoms with Gasteiger partial charge >= 0.3 is 0 Å². The summed E-state index contributed by atoms with van der Waals surface area (Å²) >= 11 is 2.39. The van der Waals surface area contributed by atoms with Crippen molar-refractivity contribution in [1.82, 2.24) is 9.80 Å². The molecule has 15 heavy (non-hydrogen) atoms. The van der Waals surface area contributed by atoms with E-state index in [2.05, 4.69) is 78.8 Å². The number of benzene rings is 1. The van der Waals surface area contributed by atoms with Crippen LogP contribution in [0.5, 0.6) is 0 Å². The fourth-order valence-electron chi connectivity index (χ4n) is 1.63. The fourth-order valence-corrected chi connectivity index (χ4v) is 2.43. The van der Waals surface area contributed by atoms with Crippen molar-refractivity contribution in [1.29, 1.82) is 0 Å². The summed E-state index contributed by atoms with van der Waals surface area (Å²) in [7, 11) is 8.41. The SMILES string of the molecule is CN(C)Cc1cc(I)cc(CN(C)C)c1. The molecule has 1 aromatic carbocycles. The summed E-state index contributed by atoms with van der Waals surface area (Å²) in [6.45, 7) is 2.02. The fraction of sp³-hybridized carbons (Fsp3) is 0.500. The zero-order chi connectivity index (χ0) is 11.4. The molecule has 0 saturated heterocycles. The van der Waals surface area contributed by atoms with Crippen LogP contribution in [0.3, 0.4) is 0 Å². The molecule has 3 heteroatoms. The molecule has 0 radical (unpaired) electrons.